The molecule has 3 aromatic carbocycles. The lowest BCUT2D eigenvalue weighted by atomic mass is 10.0. The maximum absolute atomic E-state index is 12.8. The van der Waals surface area contributed by atoms with E-state index in [1.54, 1.807) is 39.3 Å². The van der Waals surface area contributed by atoms with Gasteiger partial charge in [-0.25, -0.2) is 4.98 Å². The molecule has 1 unspecified atom stereocenters. The number of methoxy groups -OCH3 is 3. The summed E-state index contributed by atoms with van der Waals surface area (Å²) >= 11 is 7.38. The van der Waals surface area contributed by atoms with Crippen LogP contribution in [0, 0.1) is 0 Å². The minimum atomic E-state index is -0.502. The highest BCUT2D eigenvalue weighted by molar-refractivity contribution is 8.00. The number of hydrogen-bond donors (Lipinski definition) is 1. The number of amides is 1. The van der Waals surface area contributed by atoms with E-state index in [1.807, 2.05) is 48.5 Å². The number of anilines is 1. The normalized spacial score (nSPS) is 11.5. The van der Waals surface area contributed by atoms with Crippen LogP contribution in [-0.2, 0) is 4.79 Å². The lowest BCUT2D eigenvalue weighted by Gasteiger charge is -2.14. The Morgan fingerprint density at radius 2 is 1.43 bits per heavy atom. The number of benzene rings is 3. The van der Waals surface area contributed by atoms with Crippen molar-refractivity contribution in [2.75, 3.05) is 26.6 Å². The molecule has 0 radical (unpaired) electrons. The van der Waals surface area contributed by atoms with Crippen LogP contribution in [0.25, 0.3) is 22.5 Å². The topological polar surface area (TPSA) is 95.5 Å². The molecule has 0 aliphatic heterocycles. The molecule has 4 aromatic rings. The molecule has 0 aliphatic carbocycles. The molecule has 1 amide bonds. The Bertz CT molecular complexity index is 1380. The first-order valence-corrected chi connectivity index (χ1v) is 12.5. The molecule has 0 spiro atoms. The lowest BCUT2D eigenvalue weighted by Crippen LogP contribution is -2.22. The van der Waals surface area contributed by atoms with Crippen LogP contribution < -0.4 is 19.5 Å². The van der Waals surface area contributed by atoms with Crippen molar-refractivity contribution in [2.45, 2.75) is 17.3 Å². The second-order valence-corrected chi connectivity index (χ2v) is 9.56. The van der Waals surface area contributed by atoms with E-state index in [4.69, 9.17) is 30.8 Å². The zero-order chi connectivity index (χ0) is 26.4. The van der Waals surface area contributed by atoms with Gasteiger partial charge >= 0.3 is 0 Å². The monoisotopic (exact) mass is 536 g/mol. The predicted molar refractivity (Wildman–Crippen MR) is 146 cm³/mol. The Kier molecular flexibility index (Phi) is 8.47. The van der Waals surface area contributed by atoms with E-state index in [0.29, 0.717) is 33.0 Å². The molecule has 1 N–H and O–H groups in total. The first-order chi connectivity index (χ1) is 17.9. The van der Waals surface area contributed by atoms with Gasteiger partial charge in [-0.1, -0.05) is 23.4 Å². The van der Waals surface area contributed by atoms with Crippen molar-refractivity contribution in [3.05, 3.63) is 71.8 Å². The van der Waals surface area contributed by atoms with Gasteiger partial charge in [0, 0.05) is 16.8 Å². The Morgan fingerprint density at radius 3 is 1.97 bits per heavy atom. The van der Waals surface area contributed by atoms with Crippen molar-refractivity contribution < 1.29 is 19.0 Å². The van der Waals surface area contributed by atoms with Gasteiger partial charge in [-0.05, 0) is 73.7 Å². The third kappa shape index (κ3) is 6.31. The minimum absolute atomic E-state index is 0.222. The van der Waals surface area contributed by atoms with Crippen molar-refractivity contribution in [1.29, 1.82) is 0 Å². The molecule has 8 nitrogen and oxygen atoms in total. The van der Waals surface area contributed by atoms with E-state index in [1.165, 1.54) is 18.9 Å². The molecule has 4 rings (SSSR count). The molecule has 37 heavy (non-hydrogen) atoms. The van der Waals surface area contributed by atoms with Gasteiger partial charge in [-0.2, -0.15) is 0 Å². The molecule has 0 aliphatic rings. The van der Waals surface area contributed by atoms with Crippen molar-refractivity contribution >= 4 is 35.0 Å². The van der Waals surface area contributed by atoms with Crippen LogP contribution in [0.5, 0.6) is 17.2 Å². The second kappa shape index (κ2) is 11.9. The van der Waals surface area contributed by atoms with Gasteiger partial charge in [0.15, 0.2) is 0 Å². The number of aromatic nitrogens is 3. The van der Waals surface area contributed by atoms with Crippen LogP contribution >= 0.6 is 23.4 Å². The summed E-state index contributed by atoms with van der Waals surface area (Å²) in [6.07, 6.45) is 0. The lowest BCUT2D eigenvalue weighted by molar-refractivity contribution is -0.115. The molecular weight excluding hydrogens is 512 g/mol. The summed E-state index contributed by atoms with van der Waals surface area (Å²) in [5.41, 5.74) is 3.50. The molecule has 0 saturated heterocycles. The van der Waals surface area contributed by atoms with Crippen LogP contribution in [0.15, 0.2) is 71.9 Å². The average Bonchev–Trinajstić information content (AvgIpc) is 2.93. The summed E-state index contributed by atoms with van der Waals surface area (Å²) in [6.45, 7) is 1.78. The van der Waals surface area contributed by atoms with Crippen LogP contribution in [-0.4, -0.2) is 47.7 Å². The largest absolute Gasteiger partial charge is 0.497 e. The van der Waals surface area contributed by atoms with E-state index < -0.39 is 5.25 Å². The van der Waals surface area contributed by atoms with Gasteiger partial charge in [0.2, 0.25) is 11.1 Å². The number of nitrogens with one attached hydrogen (secondary N) is 1. The average molecular weight is 537 g/mol. The summed E-state index contributed by atoms with van der Waals surface area (Å²) in [6, 6.07) is 20.1. The highest BCUT2D eigenvalue weighted by atomic mass is 35.5. The van der Waals surface area contributed by atoms with E-state index in [0.717, 1.165) is 22.6 Å². The van der Waals surface area contributed by atoms with Crippen LogP contribution in [0.2, 0.25) is 5.02 Å². The van der Waals surface area contributed by atoms with E-state index in [-0.39, 0.29) is 5.91 Å². The van der Waals surface area contributed by atoms with Crippen molar-refractivity contribution in [3.63, 3.8) is 0 Å². The van der Waals surface area contributed by atoms with E-state index in [9.17, 15) is 4.79 Å². The standard InChI is InChI=1S/C27H25ClN4O4S/c1-16(26(33)29-19-9-14-23(36-4)22(28)15-19)37-27-30-24(17-5-10-20(34-2)11-6-17)25(31-32-27)18-7-12-21(35-3)13-8-18/h5-16H,1-4H3,(H,29,33). The number of ether oxygens (including phenoxy) is 3. The maximum Gasteiger partial charge on any atom is 0.237 e. The quantitative estimate of drug-likeness (QED) is 0.260. The number of rotatable bonds is 9. The molecule has 1 heterocycles. The molecular formula is C27H25ClN4O4S. The molecule has 0 bridgehead atoms. The first-order valence-electron chi connectivity index (χ1n) is 11.3. The second-order valence-electron chi connectivity index (χ2n) is 7.85. The van der Waals surface area contributed by atoms with Crippen molar-refractivity contribution in [1.82, 2.24) is 15.2 Å². The Balaban J connectivity index is 1.60. The summed E-state index contributed by atoms with van der Waals surface area (Å²) in [4.78, 5) is 17.6. The van der Waals surface area contributed by atoms with Crippen LogP contribution in [0.1, 0.15) is 6.92 Å². The number of thioether (sulfide) groups is 1. The number of hydrogen-bond acceptors (Lipinski definition) is 8. The number of halogens is 1. The summed E-state index contributed by atoms with van der Waals surface area (Å²) in [5, 5.41) is 11.9. The van der Waals surface area contributed by atoms with Gasteiger partial charge in [0.1, 0.15) is 28.6 Å². The molecule has 1 aromatic heterocycles. The van der Waals surface area contributed by atoms with Crippen LogP contribution in [0.4, 0.5) is 5.69 Å². The predicted octanol–water partition coefficient (Wildman–Crippen LogP) is 6.00. The fraction of sp³-hybridized carbons (Fsp3) is 0.185. The number of nitrogens with zero attached hydrogens (tertiary/aromatic N) is 3. The highest BCUT2D eigenvalue weighted by Gasteiger charge is 2.20. The summed E-state index contributed by atoms with van der Waals surface area (Å²) in [7, 11) is 4.77. The molecule has 10 heteroatoms. The SMILES string of the molecule is COc1ccc(-c2nnc(SC(C)C(=O)Nc3ccc(OC)c(Cl)c3)nc2-c2ccc(OC)cc2)cc1. The first kappa shape index (κ1) is 26.2. The zero-order valence-electron chi connectivity index (χ0n) is 20.7. The number of carbonyl (C=O) groups is 1. The maximum atomic E-state index is 12.8. The van der Waals surface area contributed by atoms with E-state index >= 15 is 0 Å². The van der Waals surface area contributed by atoms with Gasteiger partial charge in [0.05, 0.1) is 31.6 Å². The molecule has 190 valence electrons. The molecule has 0 fully saturated rings. The number of carbonyl (C=O) groups excluding carboxylic acids is 1. The van der Waals surface area contributed by atoms with Gasteiger partial charge in [-0.15, -0.1) is 10.2 Å². The fourth-order valence-electron chi connectivity index (χ4n) is 3.45. The van der Waals surface area contributed by atoms with E-state index in [2.05, 4.69) is 15.5 Å². The Hall–Kier alpha value is -3.82. The van der Waals surface area contributed by atoms with Crippen molar-refractivity contribution in [2.24, 2.45) is 0 Å². The fourth-order valence-corrected chi connectivity index (χ4v) is 4.43. The molecule has 1 atom stereocenters. The van der Waals surface area contributed by atoms with Gasteiger partial charge in [0.25, 0.3) is 0 Å². The van der Waals surface area contributed by atoms with Gasteiger partial charge in [-0.3, -0.25) is 4.79 Å². The van der Waals surface area contributed by atoms with Crippen LogP contribution in [0.3, 0.4) is 0 Å². The highest BCUT2D eigenvalue weighted by Crippen LogP contribution is 2.33. The van der Waals surface area contributed by atoms with Gasteiger partial charge < -0.3 is 19.5 Å². The Morgan fingerprint density at radius 1 is 0.838 bits per heavy atom. The third-order valence-electron chi connectivity index (χ3n) is 5.46. The van der Waals surface area contributed by atoms with Crippen molar-refractivity contribution in [3.8, 4) is 39.8 Å². The zero-order valence-corrected chi connectivity index (χ0v) is 22.3. The molecule has 0 saturated carbocycles. The third-order valence-corrected chi connectivity index (χ3v) is 6.71. The Labute approximate surface area is 224 Å². The summed E-state index contributed by atoms with van der Waals surface area (Å²) < 4.78 is 15.7. The minimum Gasteiger partial charge on any atom is -0.497 e. The summed E-state index contributed by atoms with van der Waals surface area (Å²) in [5.74, 6) is 1.78. The smallest absolute Gasteiger partial charge is 0.237 e.